The van der Waals surface area contributed by atoms with Crippen molar-refractivity contribution in [3.05, 3.63) is 58.6 Å². The quantitative estimate of drug-likeness (QED) is 0.758. The minimum atomic E-state index is 0.209. The smallest absolute Gasteiger partial charge is 0.216 e. The Kier molecular flexibility index (Phi) is 3.50. The first-order chi connectivity index (χ1) is 10.2. The molecule has 2 aromatic rings. The molecule has 106 valence electrons. The lowest BCUT2D eigenvalue weighted by atomic mass is 10.0. The van der Waals surface area contributed by atoms with Gasteiger partial charge in [0.15, 0.2) is 0 Å². The summed E-state index contributed by atoms with van der Waals surface area (Å²) in [6.45, 7) is 0. The van der Waals surface area contributed by atoms with Gasteiger partial charge in [0.2, 0.25) is 5.96 Å². The van der Waals surface area contributed by atoms with Crippen molar-refractivity contribution in [1.82, 2.24) is 5.43 Å². The van der Waals surface area contributed by atoms with Crippen molar-refractivity contribution in [2.24, 2.45) is 10.1 Å². The average molecular weight is 301 g/mol. The third-order valence-electron chi connectivity index (χ3n) is 3.13. The number of anilines is 1. The zero-order valence-electron chi connectivity index (χ0n) is 11.3. The lowest BCUT2D eigenvalue weighted by molar-refractivity contribution is 0.475. The molecule has 0 saturated carbocycles. The fraction of sp³-hybridized carbons (Fsp3) is 0.0667. The molecule has 21 heavy (non-hydrogen) atoms. The van der Waals surface area contributed by atoms with Crippen molar-refractivity contribution >= 4 is 29.0 Å². The van der Waals surface area contributed by atoms with Crippen LogP contribution in [0, 0.1) is 0 Å². The predicted octanol–water partition coefficient (Wildman–Crippen LogP) is 2.80. The maximum Gasteiger partial charge on any atom is 0.216 e. The molecule has 1 aliphatic rings. The summed E-state index contributed by atoms with van der Waals surface area (Å²) in [5.41, 5.74) is 6.19. The molecule has 6 heteroatoms. The van der Waals surface area contributed by atoms with Crippen LogP contribution >= 0.6 is 11.6 Å². The molecule has 5 nitrogen and oxygen atoms in total. The third-order valence-corrected chi connectivity index (χ3v) is 3.36. The van der Waals surface area contributed by atoms with Crippen LogP contribution in [0.15, 0.2) is 52.6 Å². The third kappa shape index (κ3) is 2.68. The molecule has 3 N–H and O–H groups in total. The first-order valence-corrected chi connectivity index (χ1v) is 6.72. The van der Waals surface area contributed by atoms with Crippen molar-refractivity contribution in [2.45, 2.75) is 0 Å². The van der Waals surface area contributed by atoms with Crippen LogP contribution in [-0.2, 0) is 0 Å². The van der Waals surface area contributed by atoms with E-state index in [-0.39, 0.29) is 5.75 Å². The number of guanidine groups is 1. The van der Waals surface area contributed by atoms with Gasteiger partial charge in [0.05, 0.1) is 5.69 Å². The molecule has 0 aliphatic carbocycles. The summed E-state index contributed by atoms with van der Waals surface area (Å²) in [5.74, 6) is 0.758. The molecule has 0 bridgehead atoms. The summed E-state index contributed by atoms with van der Waals surface area (Å²) < 4.78 is 0. The number of hydrazone groups is 1. The second-order valence-corrected chi connectivity index (χ2v) is 4.94. The van der Waals surface area contributed by atoms with Crippen molar-refractivity contribution < 1.29 is 5.11 Å². The van der Waals surface area contributed by atoms with Crippen molar-refractivity contribution in [3.63, 3.8) is 0 Å². The van der Waals surface area contributed by atoms with Crippen LogP contribution in [0.5, 0.6) is 5.75 Å². The summed E-state index contributed by atoms with van der Waals surface area (Å²) >= 11 is 6.10. The van der Waals surface area contributed by atoms with Crippen LogP contribution < -0.4 is 10.7 Å². The number of nitrogens with zero attached hydrogens (tertiary/aromatic N) is 2. The van der Waals surface area contributed by atoms with Crippen LogP contribution in [0.25, 0.3) is 0 Å². The van der Waals surface area contributed by atoms with Crippen LogP contribution in [0.2, 0.25) is 5.02 Å². The van der Waals surface area contributed by atoms with Gasteiger partial charge in [0.25, 0.3) is 0 Å². The maximum atomic E-state index is 9.42. The molecule has 0 atom stereocenters. The van der Waals surface area contributed by atoms with E-state index in [1.165, 1.54) is 0 Å². The van der Waals surface area contributed by atoms with E-state index >= 15 is 0 Å². The molecule has 0 fully saturated rings. The molecule has 0 unspecified atom stereocenters. The minimum absolute atomic E-state index is 0.209. The van der Waals surface area contributed by atoms with Crippen LogP contribution in [0.1, 0.15) is 11.1 Å². The Bertz CT molecular complexity index is 738. The van der Waals surface area contributed by atoms with Gasteiger partial charge >= 0.3 is 0 Å². The van der Waals surface area contributed by atoms with Gasteiger partial charge in [-0.2, -0.15) is 5.10 Å². The summed E-state index contributed by atoms with van der Waals surface area (Å²) in [7, 11) is 1.67. The molecule has 0 amide bonds. The van der Waals surface area contributed by atoms with Gasteiger partial charge in [-0.05, 0) is 42.5 Å². The summed E-state index contributed by atoms with van der Waals surface area (Å²) in [6.07, 6.45) is 0. The van der Waals surface area contributed by atoms with Gasteiger partial charge in [-0.15, -0.1) is 0 Å². The van der Waals surface area contributed by atoms with Gasteiger partial charge < -0.3 is 10.4 Å². The average Bonchev–Trinajstić information content (AvgIpc) is 2.67. The molecule has 0 spiro atoms. The normalized spacial score (nSPS) is 15.5. The molecule has 3 rings (SSSR count). The van der Waals surface area contributed by atoms with Crippen LogP contribution in [-0.4, -0.2) is 23.8 Å². The number of nitrogens with one attached hydrogen (secondary N) is 2. The highest BCUT2D eigenvalue weighted by atomic mass is 35.5. The van der Waals surface area contributed by atoms with E-state index < -0.39 is 0 Å². The zero-order chi connectivity index (χ0) is 14.8. The molecule has 2 aromatic carbocycles. The van der Waals surface area contributed by atoms with Crippen LogP contribution in [0.3, 0.4) is 0 Å². The number of benzene rings is 2. The Balaban J connectivity index is 2.17. The highest BCUT2D eigenvalue weighted by molar-refractivity contribution is 6.31. The number of rotatable bonds is 1. The fourth-order valence-electron chi connectivity index (χ4n) is 2.09. The molecular weight excluding hydrogens is 288 g/mol. The lowest BCUT2D eigenvalue weighted by Crippen LogP contribution is -2.25. The molecule has 1 heterocycles. The van der Waals surface area contributed by atoms with E-state index in [2.05, 4.69) is 20.8 Å². The lowest BCUT2D eigenvalue weighted by Gasteiger charge is -2.10. The predicted molar refractivity (Wildman–Crippen MR) is 85.3 cm³/mol. The number of hydrogen-bond donors (Lipinski definition) is 3. The minimum Gasteiger partial charge on any atom is -0.508 e. The number of phenolic OH excluding ortho intramolecular Hbond substituents is 1. The number of halogens is 1. The summed E-state index contributed by atoms with van der Waals surface area (Å²) in [4.78, 5) is 4.09. The molecular formula is C15H13ClN4O. The van der Waals surface area contributed by atoms with E-state index in [0.29, 0.717) is 11.0 Å². The largest absolute Gasteiger partial charge is 0.508 e. The highest BCUT2D eigenvalue weighted by Gasteiger charge is 2.17. The Morgan fingerprint density at radius 3 is 2.62 bits per heavy atom. The van der Waals surface area contributed by atoms with E-state index in [1.807, 2.05) is 12.1 Å². The number of fused-ring (bicyclic) bond motifs is 1. The summed E-state index contributed by atoms with van der Waals surface area (Å²) in [6, 6.07) is 12.4. The molecule has 0 radical (unpaired) electrons. The van der Waals surface area contributed by atoms with Crippen LogP contribution in [0.4, 0.5) is 5.69 Å². The topological polar surface area (TPSA) is 69.0 Å². The van der Waals surface area contributed by atoms with Crippen molar-refractivity contribution in [1.29, 1.82) is 0 Å². The maximum absolute atomic E-state index is 9.42. The Hall–Kier alpha value is -2.53. The van der Waals surface area contributed by atoms with E-state index in [9.17, 15) is 5.11 Å². The molecule has 0 saturated heterocycles. The Morgan fingerprint density at radius 1 is 1.14 bits per heavy atom. The van der Waals surface area contributed by atoms with Crippen molar-refractivity contribution in [3.8, 4) is 5.75 Å². The first-order valence-electron chi connectivity index (χ1n) is 6.34. The van der Waals surface area contributed by atoms with E-state index in [0.717, 1.165) is 22.5 Å². The standard InChI is InChI=1S/C15H13ClN4O/c1-17-15-18-13-7-4-10(16)8-12(13)14(19-20-15)9-2-5-11(21)6-3-9/h2-8,21H,1H3,(H2,17,18,20). The molecule has 1 aliphatic heterocycles. The van der Waals surface area contributed by atoms with E-state index in [4.69, 9.17) is 11.6 Å². The first kappa shape index (κ1) is 13.5. The Labute approximate surface area is 127 Å². The number of aromatic hydroxyl groups is 1. The fourth-order valence-corrected chi connectivity index (χ4v) is 2.26. The summed E-state index contributed by atoms with van der Waals surface area (Å²) in [5, 5.41) is 17.6. The van der Waals surface area contributed by atoms with Crippen molar-refractivity contribution in [2.75, 3.05) is 12.4 Å². The van der Waals surface area contributed by atoms with Gasteiger partial charge in [-0.1, -0.05) is 11.6 Å². The number of hydrogen-bond acceptors (Lipinski definition) is 3. The molecule has 0 aromatic heterocycles. The Morgan fingerprint density at radius 2 is 1.90 bits per heavy atom. The number of aliphatic imine (C=N–C) groups is 1. The van der Waals surface area contributed by atoms with E-state index in [1.54, 1.807) is 37.4 Å². The second kappa shape index (κ2) is 5.46. The van der Waals surface area contributed by atoms with Gasteiger partial charge in [0.1, 0.15) is 11.5 Å². The monoisotopic (exact) mass is 300 g/mol. The zero-order valence-corrected chi connectivity index (χ0v) is 12.0. The number of phenols is 1. The second-order valence-electron chi connectivity index (χ2n) is 4.51. The van der Waals surface area contributed by atoms with Gasteiger partial charge in [-0.3, -0.25) is 4.99 Å². The van der Waals surface area contributed by atoms with Gasteiger partial charge in [-0.25, -0.2) is 5.43 Å². The highest BCUT2D eigenvalue weighted by Crippen LogP contribution is 2.26. The SMILES string of the molecule is CN=C1NN=C(c2ccc(O)cc2)c2cc(Cl)ccc2N1. The van der Waals surface area contributed by atoms with Gasteiger partial charge in [0, 0.05) is 23.2 Å².